The molecule has 0 saturated carbocycles. The lowest BCUT2D eigenvalue weighted by Gasteiger charge is -2.17. The molecule has 1 aromatic rings. The molecular weight excluding hydrogens is 306 g/mol. The largest absolute Gasteiger partial charge is 0.326 e. The summed E-state index contributed by atoms with van der Waals surface area (Å²) in [5.74, 6) is -0.704. The van der Waals surface area contributed by atoms with Crippen molar-refractivity contribution in [1.82, 2.24) is 4.31 Å². The zero-order valence-corrected chi connectivity index (χ0v) is 13.3. The van der Waals surface area contributed by atoms with Crippen molar-refractivity contribution in [3.8, 4) is 0 Å². The highest BCUT2D eigenvalue weighted by molar-refractivity contribution is 7.88. The van der Waals surface area contributed by atoms with Crippen molar-refractivity contribution in [2.45, 2.75) is 6.92 Å². The topological polar surface area (TPSA) is 95.6 Å². The van der Waals surface area contributed by atoms with E-state index in [1.54, 1.807) is 24.3 Å². The number of carbonyl (C=O) groups is 2. The van der Waals surface area contributed by atoms with Crippen LogP contribution in [0.25, 0.3) is 0 Å². The Morgan fingerprint density at radius 2 is 1.86 bits per heavy atom. The molecule has 0 aromatic heterocycles. The van der Waals surface area contributed by atoms with Crippen LogP contribution in [0.5, 0.6) is 0 Å². The van der Waals surface area contributed by atoms with Crippen molar-refractivity contribution in [1.29, 1.82) is 0 Å². The van der Waals surface area contributed by atoms with Gasteiger partial charge in [0, 0.05) is 24.8 Å². The van der Waals surface area contributed by atoms with Crippen LogP contribution < -0.4 is 10.6 Å². The number of anilines is 2. The van der Waals surface area contributed by atoms with E-state index in [2.05, 4.69) is 17.2 Å². The Morgan fingerprint density at radius 1 is 1.27 bits per heavy atom. The lowest BCUT2D eigenvalue weighted by atomic mass is 10.2. The summed E-state index contributed by atoms with van der Waals surface area (Å²) in [5, 5.41) is 5.18. The van der Waals surface area contributed by atoms with Crippen LogP contribution in [0.3, 0.4) is 0 Å². The van der Waals surface area contributed by atoms with Crippen molar-refractivity contribution < 1.29 is 18.0 Å². The number of hydrogen-bond donors (Lipinski definition) is 2. The Morgan fingerprint density at radius 3 is 2.36 bits per heavy atom. The van der Waals surface area contributed by atoms with E-state index < -0.39 is 15.9 Å². The van der Waals surface area contributed by atoms with E-state index >= 15 is 0 Å². The second-order valence-corrected chi connectivity index (χ2v) is 6.64. The zero-order valence-electron chi connectivity index (χ0n) is 12.5. The smallest absolute Gasteiger partial charge is 0.239 e. The summed E-state index contributed by atoms with van der Waals surface area (Å²) in [6, 6.07) is 6.57. The summed E-state index contributed by atoms with van der Waals surface area (Å²) in [4.78, 5) is 22.9. The predicted molar refractivity (Wildman–Crippen MR) is 86.0 cm³/mol. The first kappa shape index (κ1) is 17.9. The van der Waals surface area contributed by atoms with E-state index in [0.717, 1.165) is 10.6 Å². The van der Waals surface area contributed by atoms with E-state index in [0.29, 0.717) is 11.4 Å². The van der Waals surface area contributed by atoms with Gasteiger partial charge in [-0.3, -0.25) is 9.59 Å². The van der Waals surface area contributed by atoms with Gasteiger partial charge in [0.25, 0.3) is 0 Å². The summed E-state index contributed by atoms with van der Waals surface area (Å²) >= 11 is 0. The molecule has 1 aromatic carbocycles. The second kappa shape index (κ2) is 7.71. The fraction of sp³-hybridized carbons (Fsp3) is 0.286. The molecule has 0 bridgehead atoms. The normalized spacial score (nSPS) is 11.0. The third-order valence-corrected chi connectivity index (χ3v) is 3.80. The minimum atomic E-state index is -3.49. The summed E-state index contributed by atoms with van der Waals surface area (Å²) in [7, 11) is -3.49. The first-order valence-electron chi connectivity index (χ1n) is 6.46. The predicted octanol–water partition coefficient (Wildman–Crippen LogP) is 1.03. The summed E-state index contributed by atoms with van der Waals surface area (Å²) < 4.78 is 24.1. The van der Waals surface area contributed by atoms with Gasteiger partial charge in [-0.25, -0.2) is 8.42 Å². The number of amides is 2. The maximum Gasteiger partial charge on any atom is 0.239 e. The van der Waals surface area contributed by atoms with Crippen LogP contribution in [0.1, 0.15) is 6.92 Å². The number of carbonyl (C=O) groups excluding carboxylic acids is 2. The van der Waals surface area contributed by atoms with Gasteiger partial charge in [0.2, 0.25) is 21.8 Å². The molecule has 0 heterocycles. The molecule has 7 nitrogen and oxygen atoms in total. The quantitative estimate of drug-likeness (QED) is 0.732. The van der Waals surface area contributed by atoms with E-state index in [-0.39, 0.29) is 19.0 Å². The minimum absolute atomic E-state index is 0.0538. The van der Waals surface area contributed by atoms with Gasteiger partial charge in [0.05, 0.1) is 12.8 Å². The first-order chi connectivity index (χ1) is 10.2. The zero-order chi connectivity index (χ0) is 16.8. The fourth-order valence-electron chi connectivity index (χ4n) is 1.70. The molecule has 2 amide bonds. The van der Waals surface area contributed by atoms with Crippen molar-refractivity contribution in [3.63, 3.8) is 0 Å². The Balaban J connectivity index is 2.75. The highest BCUT2D eigenvalue weighted by atomic mass is 32.2. The molecule has 2 N–H and O–H groups in total. The molecule has 0 aliphatic heterocycles. The van der Waals surface area contributed by atoms with Gasteiger partial charge < -0.3 is 10.6 Å². The van der Waals surface area contributed by atoms with Crippen LogP contribution in [0.2, 0.25) is 0 Å². The molecule has 1 rings (SSSR count). The molecule has 0 saturated heterocycles. The second-order valence-electron chi connectivity index (χ2n) is 4.65. The van der Waals surface area contributed by atoms with Crippen LogP contribution in [-0.2, 0) is 19.6 Å². The lowest BCUT2D eigenvalue weighted by Crippen LogP contribution is -2.37. The van der Waals surface area contributed by atoms with Crippen LogP contribution in [-0.4, -0.2) is 43.9 Å². The van der Waals surface area contributed by atoms with Gasteiger partial charge in [0.15, 0.2) is 0 Å². The Kier molecular flexibility index (Phi) is 6.26. The standard InChI is InChI=1S/C14H19N3O4S/c1-4-8-17(22(3,20)21)10-14(19)16-13-7-5-6-12(9-13)15-11(2)18/h4-7,9H,1,8,10H2,2-3H3,(H,15,18)(H,16,19). The van der Waals surface area contributed by atoms with Crippen molar-refractivity contribution in [2.75, 3.05) is 30.0 Å². The lowest BCUT2D eigenvalue weighted by molar-refractivity contribution is -0.116. The van der Waals surface area contributed by atoms with Gasteiger partial charge >= 0.3 is 0 Å². The Hall–Kier alpha value is -2.19. The van der Waals surface area contributed by atoms with Gasteiger partial charge in [-0.15, -0.1) is 6.58 Å². The highest BCUT2D eigenvalue weighted by Gasteiger charge is 2.18. The molecule has 0 aliphatic rings. The summed E-state index contributed by atoms with van der Waals surface area (Å²) in [5.41, 5.74) is 1.000. The maximum atomic E-state index is 11.9. The molecule has 120 valence electrons. The molecule has 0 atom stereocenters. The Bertz CT molecular complexity index is 670. The Labute approximate surface area is 130 Å². The number of hydrogen-bond acceptors (Lipinski definition) is 4. The number of nitrogens with one attached hydrogen (secondary N) is 2. The van der Waals surface area contributed by atoms with Gasteiger partial charge in [-0.1, -0.05) is 12.1 Å². The minimum Gasteiger partial charge on any atom is -0.326 e. The third kappa shape index (κ3) is 6.06. The van der Waals surface area contributed by atoms with Crippen LogP contribution in [0.4, 0.5) is 11.4 Å². The van der Waals surface area contributed by atoms with Crippen molar-refractivity contribution >= 4 is 33.2 Å². The van der Waals surface area contributed by atoms with Crippen molar-refractivity contribution in [3.05, 3.63) is 36.9 Å². The van der Waals surface area contributed by atoms with E-state index in [4.69, 9.17) is 0 Å². The molecule has 0 spiro atoms. The first-order valence-corrected chi connectivity index (χ1v) is 8.30. The van der Waals surface area contributed by atoms with E-state index in [1.807, 2.05) is 0 Å². The maximum absolute atomic E-state index is 11.9. The van der Waals surface area contributed by atoms with Crippen molar-refractivity contribution in [2.24, 2.45) is 0 Å². The molecule has 0 unspecified atom stereocenters. The van der Waals surface area contributed by atoms with Crippen LogP contribution >= 0.6 is 0 Å². The van der Waals surface area contributed by atoms with E-state index in [1.165, 1.54) is 13.0 Å². The van der Waals surface area contributed by atoms with Gasteiger partial charge in [-0.05, 0) is 18.2 Å². The van der Waals surface area contributed by atoms with E-state index in [9.17, 15) is 18.0 Å². The van der Waals surface area contributed by atoms with Gasteiger partial charge in [0.1, 0.15) is 0 Å². The van der Waals surface area contributed by atoms with Gasteiger partial charge in [-0.2, -0.15) is 4.31 Å². The molecule has 0 aliphatic carbocycles. The highest BCUT2D eigenvalue weighted by Crippen LogP contribution is 2.15. The third-order valence-electron chi connectivity index (χ3n) is 2.59. The number of rotatable bonds is 7. The molecule has 22 heavy (non-hydrogen) atoms. The SMILES string of the molecule is C=CCN(CC(=O)Nc1cccc(NC(C)=O)c1)S(C)(=O)=O. The summed E-state index contributed by atoms with van der Waals surface area (Å²) in [6.45, 7) is 4.59. The number of nitrogens with zero attached hydrogens (tertiary/aromatic N) is 1. The molecule has 8 heteroatoms. The average Bonchev–Trinajstić information content (AvgIpc) is 2.36. The molecular formula is C14H19N3O4S. The number of sulfonamides is 1. The number of benzene rings is 1. The molecule has 0 radical (unpaired) electrons. The van der Waals surface area contributed by atoms with Crippen LogP contribution in [0.15, 0.2) is 36.9 Å². The monoisotopic (exact) mass is 325 g/mol. The fourth-order valence-corrected chi connectivity index (χ4v) is 2.43. The average molecular weight is 325 g/mol. The summed E-state index contributed by atoms with van der Waals surface area (Å²) in [6.07, 6.45) is 2.44. The molecule has 0 fully saturated rings. The van der Waals surface area contributed by atoms with Crippen LogP contribution in [0, 0.1) is 0 Å².